The van der Waals surface area contributed by atoms with Gasteiger partial charge in [-0.1, -0.05) is 20.3 Å². The number of carbonyl (C=O) groups excluding carboxylic acids is 1. The van der Waals surface area contributed by atoms with Crippen LogP contribution in [0.3, 0.4) is 0 Å². The van der Waals surface area contributed by atoms with Gasteiger partial charge >= 0.3 is 5.97 Å². The molecule has 0 amide bonds. The Labute approximate surface area is 120 Å². The van der Waals surface area contributed by atoms with Gasteiger partial charge in [-0.05, 0) is 32.6 Å². The van der Waals surface area contributed by atoms with Gasteiger partial charge in [-0.25, -0.2) is 0 Å². The van der Waals surface area contributed by atoms with Crippen molar-refractivity contribution in [3.05, 3.63) is 11.6 Å². The maximum atomic E-state index is 12.5. The number of carbonyl (C=O) groups is 1. The average Bonchev–Trinajstić information content (AvgIpc) is 2.72. The molecule has 0 aliphatic carbocycles. The molecule has 1 aliphatic heterocycles. The first-order valence-corrected chi connectivity index (χ1v) is 7.79. The Kier molecular flexibility index (Phi) is 4.78. The summed E-state index contributed by atoms with van der Waals surface area (Å²) in [6.45, 7) is 7.22. The van der Waals surface area contributed by atoms with E-state index < -0.39 is 5.41 Å². The molecule has 0 N–H and O–H groups in total. The molecule has 0 bridgehead atoms. The second kappa shape index (κ2) is 6.37. The van der Waals surface area contributed by atoms with Crippen LogP contribution < -0.4 is 0 Å². The Hall–Kier alpha value is -1.39. The van der Waals surface area contributed by atoms with Gasteiger partial charge < -0.3 is 9.30 Å². The monoisotopic (exact) mass is 279 g/mol. The number of nitrogens with zero attached hydrogens (tertiary/aromatic N) is 3. The van der Waals surface area contributed by atoms with Crippen LogP contribution in [0.4, 0.5) is 0 Å². The third-order valence-electron chi connectivity index (χ3n) is 4.41. The highest BCUT2D eigenvalue weighted by molar-refractivity contribution is 5.82. The molecule has 2 heterocycles. The molecule has 0 saturated carbocycles. The van der Waals surface area contributed by atoms with Crippen molar-refractivity contribution in [3.63, 3.8) is 0 Å². The summed E-state index contributed by atoms with van der Waals surface area (Å²) in [6.07, 6.45) is 5.85. The molecule has 0 aromatic carbocycles. The molecule has 2 rings (SSSR count). The highest BCUT2D eigenvalue weighted by atomic mass is 16.5. The third kappa shape index (κ3) is 2.45. The molecule has 1 aromatic rings. The lowest BCUT2D eigenvalue weighted by Crippen LogP contribution is -2.39. The summed E-state index contributed by atoms with van der Waals surface area (Å²) in [7, 11) is 0. The number of aryl methyl sites for hydroxylation is 1. The summed E-state index contributed by atoms with van der Waals surface area (Å²) in [5, 5.41) is 8.70. The number of esters is 1. The van der Waals surface area contributed by atoms with E-state index in [1.54, 1.807) is 0 Å². The zero-order chi connectivity index (χ0) is 14.6. The fourth-order valence-electron chi connectivity index (χ4n) is 3.05. The van der Waals surface area contributed by atoms with Gasteiger partial charge in [-0.15, -0.1) is 10.2 Å². The lowest BCUT2D eigenvalue weighted by atomic mass is 9.81. The quantitative estimate of drug-likeness (QED) is 0.777. The van der Waals surface area contributed by atoms with Crippen LogP contribution in [-0.4, -0.2) is 27.3 Å². The molecule has 112 valence electrons. The van der Waals surface area contributed by atoms with Crippen LogP contribution in [-0.2, 0) is 27.9 Å². The van der Waals surface area contributed by atoms with Gasteiger partial charge in [0, 0.05) is 13.0 Å². The molecule has 5 nitrogen and oxygen atoms in total. The summed E-state index contributed by atoms with van der Waals surface area (Å²) in [4.78, 5) is 12.5. The normalized spacial score (nSPS) is 15.6. The first-order chi connectivity index (χ1) is 9.69. The predicted octanol–water partition coefficient (Wildman–Crippen LogP) is 2.63. The van der Waals surface area contributed by atoms with Crippen LogP contribution in [0.5, 0.6) is 0 Å². The fraction of sp³-hybridized carbons (Fsp3) is 0.800. The zero-order valence-electron chi connectivity index (χ0n) is 12.8. The zero-order valence-corrected chi connectivity index (χ0v) is 12.8. The van der Waals surface area contributed by atoms with Crippen molar-refractivity contribution < 1.29 is 9.53 Å². The first-order valence-electron chi connectivity index (χ1n) is 7.79. The van der Waals surface area contributed by atoms with E-state index in [-0.39, 0.29) is 5.97 Å². The molecular formula is C15H25N3O2. The predicted molar refractivity (Wildman–Crippen MR) is 76.5 cm³/mol. The van der Waals surface area contributed by atoms with Crippen LogP contribution in [0.15, 0.2) is 0 Å². The van der Waals surface area contributed by atoms with E-state index in [9.17, 15) is 4.79 Å². The van der Waals surface area contributed by atoms with Crippen LogP contribution in [0.2, 0.25) is 0 Å². The minimum absolute atomic E-state index is 0.163. The van der Waals surface area contributed by atoms with E-state index in [0.29, 0.717) is 19.4 Å². The lowest BCUT2D eigenvalue weighted by molar-refractivity contribution is -0.151. The van der Waals surface area contributed by atoms with Crippen molar-refractivity contribution in [2.24, 2.45) is 0 Å². The Morgan fingerprint density at radius 1 is 1.20 bits per heavy atom. The minimum atomic E-state index is -0.647. The third-order valence-corrected chi connectivity index (χ3v) is 4.41. The molecule has 0 atom stereocenters. The van der Waals surface area contributed by atoms with Crippen molar-refractivity contribution in [1.29, 1.82) is 0 Å². The van der Waals surface area contributed by atoms with Crippen molar-refractivity contribution in [2.45, 2.75) is 71.3 Å². The van der Waals surface area contributed by atoms with Gasteiger partial charge in [0.15, 0.2) is 5.82 Å². The topological polar surface area (TPSA) is 57.0 Å². The second-order valence-corrected chi connectivity index (χ2v) is 5.41. The van der Waals surface area contributed by atoms with Gasteiger partial charge in [0.25, 0.3) is 0 Å². The molecular weight excluding hydrogens is 254 g/mol. The Bertz CT molecular complexity index is 464. The summed E-state index contributed by atoms with van der Waals surface area (Å²) in [5.41, 5.74) is -0.647. The van der Waals surface area contributed by atoms with Crippen LogP contribution in [0.25, 0.3) is 0 Å². The van der Waals surface area contributed by atoms with E-state index in [4.69, 9.17) is 4.74 Å². The van der Waals surface area contributed by atoms with Crippen molar-refractivity contribution in [3.8, 4) is 0 Å². The Morgan fingerprint density at radius 2 is 1.95 bits per heavy atom. The van der Waals surface area contributed by atoms with E-state index in [1.165, 1.54) is 6.42 Å². The molecule has 0 saturated heterocycles. The smallest absolute Gasteiger partial charge is 0.319 e. The summed E-state index contributed by atoms with van der Waals surface area (Å²) < 4.78 is 7.48. The number of rotatable bonds is 5. The molecule has 0 spiro atoms. The Balaban J connectivity index is 2.44. The minimum Gasteiger partial charge on any atom is -0.465 e. The molecule has 5 heteroatoms. The van der Waals surface area contributed by atoms with Crippen molar-refractivity contribution in [2.75, 3.05) is 6.61 Å². The molecule has 0 unspecified atom stereocenters. The standard InChI is InChI=1S/C15H25N3O2/c1-4-15(5-2,14(19)20-6-3)13-17-16-12-10-8-7-9-11-18(12)13/h4-11H2,1-3H3. The lowest BCUT2D eigenvalue weighted by Gasteiger charge is -2.28. The van der Waals surface area contributed by atoms with Crippen LogP contribution >= 0.6 is 0 Å². The summed E-state index contributed by atoms with van der Waals surface area (Å²) >= 11 is 0. The number of ether oxygens (including phenoxy) is 1. The highest BCUT2D eigenvalue weighted by Gasteiger charge is 2.43. The van der Waals surface area contributed by atoms with Gasteiger partial charge in [-0.3, -0.25) is 4.79 Å². The van der Waals surface area contributed by atoms with E-state index in [0.717, 1.165) is 37.5 Å². The van der Waals surface area contributed by atoms with E-state index in [2.05, 4.69) is 14.8 Å². The molecule has 1 aromatic heterocycles. The number of hydrogen-bond acceptors (Lipinski definition) is 4. The molecule has 20 heavy (non-hydrogen) atoms. The van der Waals surface area contributed by atoms with Gasteiger partial charge in [-0.2, -0.15) is 0 Å². The maximum absolute atomic E-state index is 12.5. The summed E-state index contributed by atoms with van der Waals surface area (Å²) in [6, 6.07) is 0. The van der Waals surface area contributed by atoms with Crippen LogP contribution in [0, 0.1) is 0 Å². The average molecular weight is 279 g/mol. The number of aromatic nitrogens is 3. The SMILES string of the molecule is CCOC(=O)C(CC)(CC)c1nnc2n1CCCCC2. The highest BCUT2D eigenvalue weighted by Crippen LogP contribution is 2.33. The summed E-state index contributed by atoms with van der Waals surface area (Å²) in [5.74, 6) is 1.66. The van der Waals surface area contributed by atoms with E-state index in [1.807, 2.05) is 20.8 Å². The molecule has 0 radical (unpaired) electrons. The maximum Gasteiger partial charge on any atom is 0.319 e. The van der Waals surface area contributed by atoms with Gasteiger partial charge in [0.2, 0.25) is 0 Å². The fourth-order valence-corrected chi connectivity index (χ4v) is 3.05. The van der Waals surface area contributed by atoms with Gasteiger partial charge in [0.05, 0.1) is 6.61 Å². The van der Waals surface area contributed by atoms with Crippen molar-refractivity contribution in [1.82, 2.24) is 14.8 Å². The van der Waals surface area contributed by atoms with E-state index >= 15 is 0 Å². The Morgan fingerprint density at radius 3 is 2.60 bits per heavy atom. The number of fused-ring (bicyclic) bond motifs is 1. The number of hydrogen-bond donors (Lipinski definition) is 0. The van der Waals surface area contributed by atoms with Crippen molar-refractivity contribution >= 4 is 5.97 Å². The molecule has 0 fully saturated rings. The largest absolute Gasteiger partial charge is 0.465 e. The second-order valence-electron chi connectivity index (χ2n) is 5.41. The van der Waals surface area contributed by atoms with Crippen LogP contribution in [0.1, 0.15) is 64.5 Å². The van der Waals surface area contributed by atoms with Gasteiger partial charge in [0.1, 0.15) is 11.2 Å². The molecule has 1 aliphatic rings. The first kappa shape index (κ1) is 15.0.